The Labute approximate surface area is 157 Å². The minimum atomic E-state index is -0.993. The molecule has 4 rings (SSSR count). The number of likely N-dealkylation sites (tertiary alicyclic amines) is 1. The minimum absolute atomic E-state index is 0.00413. The van der Waals surface area contributed by atoms with Gasteiger partial charge in [0.25, 0.3) is 0 Å². The van der Waals surface area contributed by atoms with Gasteiger partial charge in [-0.2, -0.15) is 0 Å². The quantitative estimate of drug-likeness (QED) is 0.848. The van der Waals surface area contributed by atoms with Crippen molar-refractivity contribution in [2.75, 3.05) is 20.2 Å². The summed E-state index contributed by atoms with van der Waals surface area (Å²) in [6, 6.07) is 8.17. The zero-order valence-electron chi connectivity index (χ0n) is 16.0. The number of hydrogen-bond donors (Lipinski definition) is 2. The molecule has 144 valence electrons. The van der Waals surface area contributed by atoms with Crippen LogP contribution in [0.25, 0.3) is 0 Å². The topological polar surface area (TPSA) is 52.9 Å². The Balaban J connectivity index is 1.60. The zero-order valence-corrected chi connectivity index (χ0v) is 16.0. The molecule has 0 unspecified atom stereocenters. The van der Waals surface area contributed by atoms with Gasteiger partial charge in [-0.3, -0.25) is 4.90 Å². The van der Waals surface area contributed by atoms with E-state index in [1.807, 2.05) is 12.1 Å². The minimum Gasteiger partial charge on any atom is -0.497 e. The second-order valence-corrected chi connectivity index (χ2v) is 8.77. The number of hydrogen-bond acceptors (Lipinski definition) is 4. The fraction of sp³-hybridized carbons (Fsp3) is 0.727. The molecule has 0 spiro atoms. The Morgan fingerprint density at radius 2 is 1.77 bits per heavy atom. The molecule has 0 amide bonds. The average Bonchev–Trinajstić information content (AvgIpc) is 2.61. The summed E-state index contributed by atoms with van der Waals surface area (Å²) in [5.41, 5.74) is -0.705. The number of rotatable bonds is 5. The normalized spacial score (nSPS) is 35.6. The Morgan fingerprint density at radius 1 is 1.04 bits per heavy atom. The van der Waals surface area contributed by atoms with Crippen LogP contribution >= 0.6 is 0 Å². The molecule has 3 atom stereocenters. The summed E-state index contributed by atoms with van der Waals surface area (Å²) in [6.45, 7) is 1.97. The monoisotopic (exact) mass is 359 g/mol. The smallest absolute Gasteiger partial charge is 0.118 e. The highest BCUT2D eigenvalue weighted by atomic mass is 16.5. The van der Waals surface area contributed by atoms with Crippen molar-refractivity contribution in [2.24, 2.45) is 5.92 Å². The highest BCUT2D eigenvalue weighted by Crippen LogP contribution is 2.47. The van der Waals surface area contributed by atoms with Gasteiger partial charge >= 0.3 is 0 Å². The third-order valence-electron chi connectivity index (χ3n) is 7.31. The molecule has 2 N–H and O–H groups in total. The fourth-order valence-electron chi connectivity index (χ4n) is 5.37. The molecule has 1 heterocycles. The molecule has 3 fully saturated rings. The first kappa shape index (κ1) is 18.3. The molecular weight excluding hydrogens is 326 g/mol. The molecule has 1 aliphatic heterocycles. The van der Waals surface area contributed by atoms with Crippen LogP contribution in [0.1, 0.15) is 56.9 Å². The lowest BCUT2D eigenvalue weighted by atomic mass is 9.62. The van der Waals surface area contributed by atoms with Crippen molar-refractivity contribution in [2.45, 2.75) is 75.0 Å². The highest BCUT2D eigenvalue weighted by Gasteiger charge is 2.59. The van der Waals surface area contributed by atoms with E-state index in [1.54, 1.807) is 7.11 Å². The predicted octanol–water partition coefficient (Wildman–Crippen LogP) is 3.15. The Bertz CT molecular complexity index is 614. The van der Waals surface area contributed by atoms with Gasteiger partial charge in [0.05, 0.1) is 12.7 Å². The van der Waals surface area contributed by atoms with Crippen molar-refractivity contribution in [3.63, 3.8) is 0 Å². The maximum Gasteiger partial charge on any atom is 0.118 e. The molecule has 2 saturated carbocycles. The molecule has 1 saturated heterocycles. The summed E-state index contributed by atoms with van der Waals surface area (Å²) < 4.78 is 5.28. The summed E-state index contributed by atoms with van der Waals surface area (Å²) in [5, 5.41) is 23.0. The van der Waals surface area contributed by atoms with Gasteiger partial charge < -0.3 is 14.9 Å². The molecule has 4 nitrogen and oxygen atoms in total. The molecule has 0 bridgehead atoms. The Kier molecular flexibility index (Phi) is 5.02. The second kappa shape index (κ2) is 7.14. The van der Waals surface area contributed by atoms with E-state index < -0.39 is 11.2 Å². The summed E-state index contributed by atoms with van der Waals surface area (Å²) in [4.78, 5) is 2.49. The average molecular weight is 360 g/mol. The third kappa shape index (κ3) is 3.17. The lowest BCUT2D eigenvalue weighted by molar-refractivity contribution is -0.236. The standard InChI is InChI=1S/C22H33NO3/c1-26-19-9-7-17(8-10-19)15-20-22(25)12-3-2-11-21(22,24)13-14-23(20)16-18-5-4-6-18/h7-10,18,20,24-25H,2-6,11-16H2,1H3/t20-,21-,22+/m1/s1. The van der Waals surface area contributed by atoms with Gasteiger partial charge in [0, 0.05) is 19.1 Å². The van der Waals surface area contributed by atoms with E-state index in [2.05, 4.69) is 17.0 Å². The Morgan fingerprint density at radius 3 is 2.42 bits per heavy atom. The number of piperidine rings is 1. The van der Waals surface area contributed by atoms with Crippen LogP contribution in [-0.4, -0.2) is 52.6 Å². The lowest BCUT2D eigenvalue weighted by Crippen LogP contribution is -2.72. The van der Waals surface area contributed by atoms with Crippen LogP contribution in [0.4, 0.5) is 0 Å². The van der Waals surface area contributed by atoms with Gasteiger partial charge in [0.1, 0.15) is 11.4 Å². The molecule has 0 aromatic heterocycles. The first-order valence-corrected chi connectivity index (χ1v) is 10.4. The molecule has 2 aliphatic carbocycles. The van der Waals surface area contributed by atoms with Crippen LogP contribution in [0.2, 0.25) is 0 Å². The molecule has 3 aliphatic rings. The van der Waals surface area contributed by atoms with Crippen molar-refractivity contribution in [1.29, 1.82) is 0 Å². The maximum atomic E-state index is 11.7. The van der Waals surface area contributed by atoms with Gasteiger partial charge in [-0.05, 0) is 62.1 Å². The number of methoxy groups -OCH3 is 1. The summed E-state index contributed by atoms with van der Waals surface area (Å²) in [7, 11) is 1.68. The van der Waals surface area contributed by atoms with Crippen LogP contribution in [0, 0.1) is 5.92 Å². The second-order valence-electron chi connectivity index (χ2n) is 8.77. The maximum absolute atomic E-state index is 11.7. The lowest BCUT2D eigenvalue weighted by Gasteiger charge is -2.58. The van der Waals surface area contributed by atoms with E-state index in [1.165, 1.54) is 24.8 Å². The first-order valence-electron chi connectivity index (χ1n) is 10.4. The Hall–Kier alpha value is -1.10. The van der Waals surface area contributed by atoms with Crippen LogP contribution in [0.5, 0.6) is 5.75 Å². The molecule has 4 heteroatoms. The van der Waals surface area contributed by atoms with Crippen LogP contribution < -0.4 is 4.74 Å². The van der Waals surface area contributed by atoms with Crippen molar-refractivity contribution >= 4 is 0 Å². The molecule has 1 aromatic carbocycles. The third-order valence-corrected chi connectivity index (χ3v) is 7.31. The van der Waals surface area contributed by atoms with Gasteiger partial charge in [0.2, 0.25) is 0 Å². The van der Waals surface area contributed by atoms with Crippen molar-refractivity contribution in [3.8, 4) is 5.75 Å². The molecule has 26 heavy (non-hydrogen) atoms. The number of benzene rings is 1. The SMILES string of the molecule is COc1ccc(C[C@H]2N(CC3CCC3)CC[C@]3(O)CCCC[C@]23O)cc1. The largest absolute Gasteiger partial charge is 0.497 e. The summed E-state index contributed by atoms with van der Waals surface area (Å²) in [6.07, 6.45) is 8.95. The highest BCUT2D eigenvalue weighted by molar-refractivity contribution is 5.29. The zero-order chi connectivity index (χ0) is 18.2. The van der Waals surface area contributed by atoms with E-state index in [9.17, 15) is 10.2 Å². The van der Waals surface area contributed by atoms with E-state index in [-0.39, 0.29) is 6.04 Å². The van der Waals surface area contributed by atoms with Gasteiger partial charge in [-0.25, -0.2) is 0 Å². The van der Waals surface area contributed by atoms with Crippen molar-refractivity contribution < 1.29 is 14.9 Å². The van der Waals surface area contributed by atoms with Gasteiger partial charge in [-0.1, -0.05) is 31.4 Å². The van der Waals surface area contributed by atoms with E-state index in [4.69, 9.17) is 4.74 Å². The molecular formula is C22H33NO3. The van der Waals surface area contributed by atoms with E-state index in [0.29, 0.717) is 12.8 Å². The number of nitrogens with zero attached hydrogens (tertiary/aromatic N) is 1. The van der Waals surface area contributed by atoms with Crippen molar-refractivity contribution in [1.82, 2.24) is 4.90 Å². The number of fused-ring (bicyclic) bond motifs is 1. The molecule has 0 radical (unpaired) electrons. The number of ether oxygens (including phenoxy) is 1. The van der Waals surface area contributed by atoms with Crippen LogP contribution in [0.15, 0.2) is 24.3 Å². The van der Waals surface area contributed by atoms with Crippen LogP contribution in [-0.2, 0) is 6.42 Å². The van der Waals surface area contributed by atoms with Gasteiger partial charge in [-0.15, -0.1) is 0 Å². The predicted molar refractivity (Wildman–Crippen MR) is 102 cm³/mol. The molecule has 1 aromatic rings. The van der Waals surface area contributed by atoms with Crippen LogP contribution in [0.3, 0.4) is 0 Å². The van der Waals surface area contributed by atoms with E-state index >= 15 is 0 Å². The first-order chi connectivity index (χ1) is 12.5. The summed E-state index contributed by atoms with van der Waals surface area (Å²) >= 11 is 0. The summed E-state index contributed by atoms with van der Waals surface area (Å²) in [5.74, 6) is 1.63. The van der Waals surface area contributed by atoms with Gasteiger partial charge in [0.15, 0.2) is 0 Å². The van der Waals surface area contributed by atoms with Crippen molar-refractivity contribution in [3.05, 3.63) is 29.8 Å². The van der Waals surface area contributed by atoms with E-state index in [0.717, 1.165) is 50.4 Å². The fourth-order valence-corrected chi connectivity index (χ4v) is 5.37. The number of aliphatic hydroxyl groups is 2.